The van der Waals surface area contributed by atoms with Crippen LogP contribution in [0, 0.1) is 0 Å². The van der Waals surface area contributed by atoms with Crippen molar-refractivity contribution in [2.24, 2.45) is 0 Å². The molecule has 1 aromatic rings. The van der Waals surface area contributed by atoms with Crippen molar-refractivity contribution < 1.29 is 20.1 Å². The number of carboxylic acid groups (broad SMARTS) is 1. The molecule has 0 aromatic heterocycles. The van der Waals surface area contributed by atoms with Crippen molar-refractivity contribution in [3.05, 3.63) is 23.8 Å². The Balaban J connectivity index is 0.00000121. The molecule has 1 rings (SSSR count). The fourth-order valence-corrected chi connectivity index (χ4v) is 0.701. The van der Waals surface area contributed by atoms with Crippen LogP contribution in [0.15, 0.2) is 18.2 Å². The zero-order valence-corrected chi connectivity index (χ0v) is 5.48. The first-order valence-electron chi connectivity index (χ1n) is 2.86. The first-order chi connectivity index (χ1) is 5.11. The second kappa shape index (κ2) is 4.35. The number of phenols is 2. The number of benzene rings is 1. The molecule has 0 aliphatic carbocycles. The van der Waals surface area contributed by atoms with Crippen molar-refractivity contribution in [1.82, 2.24) is 0 Å². The van der Waals surface area contributed by atoms with Gasteiger partial charge in [0.05, 0.1) is 0 Å². The van der Waals surface area contributed by atoms with Crippen LogP contribution in [0.3, 0.4) is 0 Å². The SMILES string of the molecule is O=C(O)c1ccc(O)cc1O.[NaH]. The van der Waals surface area contributed by atoms with Gasteiger partial charge < -0.3 is 15.3 Å². The van der Waals surface area contributed by atoms with Gasteiger partial charge in [0.25, 0.3) is 0 Å². The summed E-state index contributed by atoms with van der Waals surface area (Å²) in [5.74, 6) is -1.81. The topological polar surface area (TPSA) is 77.8 Å². The van der Waals surface area contributed by atoms with Gasteiger partial charge in [0.15, 0.2) is 0 Å². The van der Waals surface area contributed by atoms with E-state index in [1.807, 2.05) is 0 Å². The molecule has 1 aromatic carbocycles. The Morgan fingerprint density at radius 2 is 1.83 bits per heavy atom. The Morgan fingerprint density at radius 3 is 2.25 bits per heavy atom. The molecule has 4 nitrogen and oxygen atoms in total. The number of hydrogen-bond acceptors (Lipinski definition) is 3. The fraction of sp³-hybridized carbons (Fsp3) is 0. The first kappa shape index (κ1) is 11.3. The van der Waals surface area contributed by atoms with Gasteiger partial charge in [0.1, 0.15) is 17.1 Å². The van der Waals surface area contributed by atoms with Crippen molar-refractivity contribution >= 4 is 35.5 Å². The maximum absolute atomic E-state index is 10.3. The predicted molar refractivity (Wildman–Crippen MR) is 43.9 cm³/mol. The summed E-state index contributed by atoms with van der Waals surface area (Å²) in [5.41, 5.74) is -0.220. The standard InChI is InChI=1S/C7H6O4.Na.H/c8-4-1-2-5(7(10)11)6(9)3-4;;/h1-3,8-9H,(H,10,11);;. The number of aromatic carboxylic acids is 1. The number of carbonyl (C=O) groups is 1. The summed E-state index contributed by atoms with van der Waals surface area (Å²) in [4.78, 5) is 10.3. The Labute approximate surface area is 90.8 Å². The summed E-state index contributed by atoms with van der Waals surface area (Å²) in [6.07, 6.45) is 0. The molecule has 0 bridgehead atoms. The normalized spacial score (nSPS) is 8.67. The van der Waals surface area contributed by atoms with Crippen LogP contribution < -0.4 is 0 Å². The summed E-state index contributed by atoms with van der Waals surface area (Å²) >= 11 is 0. The monoisotopic (exact) mass is 178 g/mol. The number of hydrogen-bond donors (Lipinski definition) is 3. The average molecular weight is 178 g/mol. The second-order valence-corrected chi connectivity index (χ2v) is 2.01. The second-order valence-electron chi connectivity index (χ2n) is 2.01. The Kier molecular flexibility index (Phi) is 4.09. The molecule has 0 aliphatic heterocycles. The molecule has 0 radical (unpaired) electrons. The van der Waals surface area contributed by atoms with E-state index in [9.17, 15) is 4.79 Å². The first-order valence-corrected chi connectivity index (χ1v) is 2.86. The van der Waals surface area contributed by atoms with Crippen LogP contribution in [0.2, 0.25) is 0 Å². The molecule has 0 fully saturated rings. The molecular formula is C7H7NaO4. The molecule has 0 spiro atoms. The molecule has 3 N–H and O–H groups in total. The minimum atomic E-state index is -1.22. The molecule has 60 valence electrons. The zero-order chi connectivity index (χ0) is 8.43. The summed E-state index contributed by atoms with van der Waals surface area (Å²) in [5, 5.41) is 26.1. The zero-order valence-electron chi connectivity index (χ0n) is 5.48. The van der Waals surface area contributed by atoms with Crippen LogP contribution in [0.5, 0.6) is 11.5 Å². The van der Waals surface area contributed by atoms with Crippen LogP contribution in [0.25, 0.3) is 0 Å². The molecule has 0 saturated carbocycles. The van der Waals surface area contributed by atoms with Crippen LogP contribution in [-0.4, -0.2) is 50.8 Å². The third-order valence-electron chi connectivity index (χ3n) is 1.21. The van der Waals surface area contributed by atoms with Gasteiger partial charge >= 0.3 is 35.5 Å². The van der Waals surface area contributed by atoms with Crippen LogP contribution in [0.1, 0.15) is 10.4 Å². The van der Waals surface area contributed by atoms with Crippen molar-refractivity contribution in [1.29, 1.82) is 0 Å². The van der Waals surface area contributed by atoms with Gasteiger partial charge in [-0.3, -0.25) is 0 Å². The fourth-order valence-electron chi connectivity index (χ4n) is 0.701. The van der Waals surface area contributed by atoms with E-state index < -0.39 is 11.7 Å². The summed E-state index contributed by atoms with van der Waals surface area (Å²) < 4.78 is 0. The Morgan fingerprint density at radius 1 is 1.25 bits per heavy atom. The number of carboxylic acids is 1. The Hall–Kier alpha value is -0.710. The van der Waals surface area contributed by atoms with E-state index in [0.29, 0.717) is 0 Å². The van der Waals surface area contributed by atoms with E-state index in [1.54, 1.807) is 0 Å². The third kappa shape index (κ3) is 2.41. The number of rotatable bonds is 1. The minimum absolute atomic E-state index is 0. The van der Waals surface area contributed by atoms with E-state index >= 15 is 0 Å². The van der Waals surface area contributed by atoms with Gasteiger partial charge in [-0.15, -0.1) is 0 Å². The molecule has 0 unspecified atom stereocenters. The van der Waals surface area contributed by atoms with E-state index in [0.717, 1.165) is 12.1 Å². The van der Waals surface area contributed by atoms with Crippen molar-refractivity contribution in [3.8, 4) is 11.5 Å². The van der Waals surface area contributed by atoms with Gasteiger partial charge in [0, 0.05) is 6.07 Å². The number of phenolic OH excluding ortho intramolecular Hbond substituents is 1. The van der Waals surface area contributed by atoms with E-state index in [1.165, 1.54) is 6.07 Å². The predicted octanol–water partition coefficient (Wildman–Crippen LogP) is 0.147. The summed E-state index contributed by atoms with van der Waals surface area (Å²) in [7, 11) is 0. The maximum atomic E-state index is 10.3. The van der Waals surface area contributed by atoms with E-state index in [4.69, 9.17) is 15.3 Å². The molecule has 0 heterocycles. The molecule has 0 aliphatic rings. The van der Waals surface area contributed by atoms with Gasteiger partial charge in [-0.1, -0.05) is 0 Å². The van der Waals surface area contributed by atoms with Gasteiger partial charge in [-0.05, 0) is 12.1 Å². The molecule has 0 amide bonds. The van der Waals surface area contributed by atoms with Crippen LogP contribution >= 0.6 is 0 Å². The van der Waals surface area contributed by atoms with Crippen molar-refractivity contribution in [3.63, 3.8) is 0 Å². The van der Waals surface area contributed by atoms with Crippen molar-refractivity contribution in [2.75, 3.05) is 0 Å². The van der Waals surface area contributed by atoms with E-state index in [2.05, 4.69) is 0 Å². The van der Waals surface area contributed by atoms with Crippen LogP contribution in [0.4, 0.5) is 0 Å². The molecule has 12 heavy (non-hydrogen) atoms. The Bertz CT molecular complexity index is 297. The number of aromatic hydroxyl groups is 2. The van der Waals surface area contributed by atoms with Crippen molar-refractivity contribution in [2.45, 2.75) is 0 Å². The summed E-state index contributed by atoms with van der Waals surface area (Å²) in [6.45, 7) is 0. The summed E-state index contributed by atoms with van der Waals surface area (Å²) in [6, 6.07) is 3.31. The molecule has 0 atom stereocenters. The van der Waals surface area contributed by atoms with Crippen LogP contribution in [-0.2, 0) is 0 Å². The van der Waals surface area contributed by atoms with Gasteiger partial charge in [-0.25, -0.2) is 4.79 Å². The molecule has 0 saturated heterocycles. The molecular weight excluding hydrogens is 171 g/mol. The third-order valence-corrected chi connectivity index (χ3v) is 1.21. The molecule has 5 heteroatoms. The average Bonchev–Trinajstić information content (AvgIpc) is 1.85. The van der Waals surface area contributed by atoms with Gasteiger partial charge in [0.2, 0.25) is 0 Å². The van der Waals surface area contributed by atoms with Gasteiger partial charge in [-0.2, -0.15) is 0 Å². The van der Waals surface area contributed by atoms with E-state index in [-0.39, 0.29) is 40.9 Å². The quantitative estimate of drug-likeness (QED) is 0.535.